The lowest BCUT2D eigenvalue weighted by Gasteiger charge is -2.22. The van der Waals surface area contributed by atoms with Gasteiger partial charge in [0.25, 0.3) is 0 Å². The Morgan fingerprint density at radius 3 is 3.00 bits per heavy atom. The van der Waals surface area contributed by atoms with E-state index in [0.717, 1.165) is 18.1 Å². The maximum Gasteiger partial charge on any atom is 0.307 e. The molecule has 1 amide bonds. The van der Waals surface area contributed by atoms with Gasteiger partial charge < -0.3 is 15.4 Å². The molecule has 0 aromatic heterocycles. The highest BCUT2D eigenvalue weighted by Crippen LogP contribution is 2.07. The zero-order valence-electron chi connectivity index (χ0n) is 8.75. The smallest absolute Gasteiger partial charge is 0.307 e. The first kappa shape index (κ1) is 12.3. The molecule has 1 saturated heterocycles. The molecule has 1 fully saturated rings. The number of hydrogen-bond donors (Lipinski definition) is 2. The van der Waals surface area contributed by atoms with Crippen LogP contribution in [0.3, 0.4) is 0 Å². The van der Waals surface area contributed by atoms with Crippen molar-refractivity contribution in [2.24, 2.45) is 0 Å². The van der Waals surface area contributed by atoms with Gasteiger partial charge in [0.2, 0.25) is 5.91 Å². The number of ether oxygens (including phenoxy) is 1. The SMILES string of the molecule is COC(=O)CCNC(=O)C1CSCCN1. The summed E-state index contributed by atoms with van der Waals surface area (Å²) in [5, 5.41) is 5.82. The molecule has 6 heteroatoms. The third-order valence-corrected chi connectivity index (χ3v) is 3.16. The zero-order chi connectivity index (χ0) is 11.1. The summed E-state index contributed by atoms with van der Waals surface area (Å²) in [5.41, 5.74) is 0. The molecule has 1 unspecified atom stereocenters. The fourth-order valence-electron chi connectivity index (χ4n) is 1.25. The van der Waals surface area contributed by atoms with E-state index in [2.05, 4.69) is 15.4 Å². The molecule has 1 aliphatic rings. The predicted octanol–water partition coefficient (Wildman–Crippen LogP) is -0.629. The third-order valence-electron chi connectivity index (χ3n) is 2.09. The van der Waals surface area contributed by atoms with E-state index >= 15 is 0 Å². The van der Waals surface area contributed by atoms with Gasteiger partial charge in [-0.25, -0.2) is 0 Å². The quantitative estimate of drug-likeness (QED) is 0.632. The highest BCUT2D eigenvalue weighted by atomic mass is 32.2. The highest BCUT2D eigenvalue weighted by Gasteiger charge is 2.20. The number of carbonyl (C=O) groups excluding carboxylic acids is 2. The molecule has 5 nitrogen and oxygen atoms in total. The second-order valence-electron chi connectivity index (χ2n) is 3.20. The Hall–Kier alpha value is -0.750. The number of hydrogen-bond acceptors (Lipinski definition) is 5. The van der Waals surface area contributed by atoms with E-state index in [4.69, 9.17) is 0 Å². The molecule has 2 N–H and O–H groups in total. The highest BCUT2D eigenvalue weighted by molar-refractivity contribution is 7.99. The molecule has 15 heavy (non-hydrogen) atoms. The van der Waals surface area contributed by atoms with E-state index in [-0.39, 0.29) is 24.3 Å². The molecule has 0 aromatic carbocycles. The first-order valence-electron chi connectivity index (χ1n) is 4.89. The van der Waals surface area contributed by atoms with Crippen molar-refractivity contribution >= 4 is 23.6 Å². The van der Waals surface area contributed by atoms with E-state index in [9.17, 15) is 9.59 Å². The van der Waals surface area contributed by atoms with Crippen LogP contribution in [0.2, 0.25) is 0 Å². The topological polar surface area (TPSA) is 67.4 Å². The van der Waals surface area contributed by atoms with Crippen LogP contribution in [0.25, 0.3) is 0 Å². The molecule has 0 bridgehead atoms. The van der Waals surface area contributed by atoms with E-state index < -0.39 is 0 Å². The number of methoxy groups -OCH3 is 1. The summed E-state index contributed by atoms with van der Waals surface area (Å²) in [7, 11) is 1.34. The second kappa shape index (κ2) is 6.68. The normalized spacial score (nSPS) is 20.7. The first-order chi connectivity index (χ1) is 7.24. The Kier molecular flexibility index (Phi) is 5.49. The third kappa shape index (κ3) is 4.53. The van der Waals surface area contributed by atoms with Crippen LogP contribution in [0.1, 0.15) is 6.42 Å². The summed E-state index contributed by atoms with van der Waals surface area (Å²) >= 11 is 1.76. The Bertz CT molecular complexity index is 229. The van der Waals surface area contributed by atoms with E-state index in [0.29, 0.717) is 6.54 Å². The van der Waals surface area contributed by atoms with E-state index in [1.807, 2.05) is 0 Å². The van der Waals surface area contributed by atoms with Gasteiger partial charge in [-0.2, -0.15) is 11.8 Å². The fraction of sp³-hybridized carbons (Fsp3) is 0.778. The molecule has 0 aliphatic carbocycles. The van der Waals surface area contributed by atoms with Gasteiger partial charge in [-0.05, 0) is 0 Å². The maximum absolute atomic E-state index is 11.5. The summed E-state index contributed by atoms with van der Waals surface area (Å²) in [4.78, 5) is 22.3. The maximum atomic E-state index is 11.5. The van der Waals surface area contributed by atoms with Crippen LogP contribution in [0.4, 0.5) is 0 Å². The molecule has 1 atom stereocenters. The lowest BCUT2D eigenvalue weighted by atomic mass is 10.3. The molecule has 86 valence electrons. The van der Waals surface area contributed by atoms with E-state index in [1.165, 1.54) is 7.11 Å². The standard InChI is InChI=1S/C9H16N2O3S/c1-14-8(12)2-3-11-9(13)7-6-15-5-4-10-7/h7,10H,2-6H2,1H3,(H,11,13). The van der Waals surface area contributed by atoms with E-state index in [1.54, 1.807) is 11.8 Å². The van der Waals surface area contributed by atoms with Crippen LogP contribution in [-0.4, -0.2) is 49.6 Å². The summed E-state index contributed by atoms with van der Waals surface area (Å²) in [5.74, 6) is 1.50. The van der Waals surface area contributed by atoms with Crippen molar-refractivity contribution in [3.8, 4) is 0 Å². The molecule has 0 spiro atoms. The van der Waals surface area contributed by atoms with Crippen molar-refractivity contribution in [1.29, 1.82) is 0 Å². The minimum atomic E-state index is -0.304. The van der Waals surface area contributed by atoms with Gasteiger partial charge in [-0.1, -0.05) is 0 Å². The Balaban J connectivity index is 2.14. The number of carbonyl (C=O) groups is 2. The van der Waals surface area contributed by atoms with Gasteiger partial charge in [0.1, 0.15) is 0 Å². The summed E-state index contributed by atoms with van der Waals surface area (Å²) < 4.78 is 4.47. The average Bonchev–Trinajstić information content (AvgIpc) is 2.29. The van der Waals surface area contributed by atoms with Crippen LogP contribution in [0, 0.1) is 0 Å². The van der Waals surface area contributed by atoms with Crippen molar-refractivity contribution in [3.63, 3.8) is 0 Å². The molecule has 1 heterocycles. The summed E-state index contributed by atoms with van der Waals surface area (Å²) in [6, 6.07) is -0.124. The van der Waals surface area contributed by atoms with Gasteiger partial charge in [0.15, 0.2) is 0 Å². The largest absolute Gasteiger partial charge is 0.469 e. The lowest BCUT2D eigenvalue weighted by Crippen LogP contribution is -2.49. The molecule has 0 aromatic rings. The monoisotopic (exact) mass is 232 g/mol. The van der Waals surface area contributed by atoms with Crippen molar-refractivity contribution in [1.82, 2.24) is 10.6 Å². The minimum absolute atomic E-state index is 0.0360. The number of amides is 1. The van der Waals surface area contributed by atoms with Crippen LogP contribution in [-0.2, 0) is 14.3 Å². The van der Waals surface area contributed by atoms with Crippen molar-refractivity contribution < 1.29 is 14.3 Å². The minimum Gasteiger partial charge on any atom is -0.469 e. The molecule has 1 rings (SSSR count). The van der Waals surface area contributed by atoms with Crippen LogP contribution in [0.15, 0.2) is 0 Å². The predicted molar refractivity (Wildman–Crippen MR) is 58.8 cm³/mol. The first-order valence-corrected chi connectivity index (χ1v) is 6.05. The molecular formula is C9H16N2O3S. The average molecular weight is 232 g/mol. The second-order valence-corrected chi connectivity index (χ2v) is 4.35. The van der Waals surface area contributed by atoms with Gasteiger partial charge >= 0.3 is 5.97 Å². The van der Waals surface area contributed by atoms with Crippen LogP contribution >= 0.6 is 11.8 Å². The zero-order valence-corrected chi connectivity index (χ0v) is 9.56. The van der Waals surface area contributed by atoms with Crippen molar-refractivity contribution in [3.05, 3.63) is 0 Å². The Morgan fingerprint density at radius 2 is 2.40 bits per heavy atom. The Morgan fingerprint density at radius 1 is 1.60 bits per heavy atom. The fourth-order valence-corrected chi connectivity index (χ4v) is 2.18. The van der Waals surface area contributed by atoms with Crippen molar-refractivity contribution in [2.45, 2.75) is 12.5 Å². The van der Waals surface area contributed by atoms with Crippen molar-refractivity contribution in [2.75, 3.05) is 31.7 Å². The molecule has 1 aliphatic heterocycles. The number of rotatable bonds is 4. The molecular weight excluding hydrogens is 216 g/mol. The van der Waals surface area contributed by atoms with Gasteiger partial charge in [0.05, 0.1) is 19.6 Å². The van der Waals surface area contributed by atoms with Crippen LogP contribution in [0.5, 0.6) is 0 Å². The van der Waals surface area contributed by atoms with Gasteiger partial charge in [-0.15, -0.1) is 0 Å². The summed E-state index contributed by atoms with van der Waals surface area (Å²) in [6.45, 7) is 1.20. The molecule has 0 saturated carbocycles. The van der Waals surface area contributed by atoms with Crippen LogP contribution < -0.4 is 10.6 Å². The molecule has 0 radical (unpaired) electrons. The Labute approximate surface area is 93.3 Å². The number of esters is 1. The van der Waals surface area contributed by atoms with Gasteiger partial charge in [-0.3, -0.25) is 9.59 Å². The summed E-state index contributed by atoms with van der Waals surface area (Å²) in [6.07, 6.45) is 0.224. The number of thioether (sulfide) groups is 1. The lowest BCUT2D eigenvalue weighted by molar-refractivity contribution is -0.140. The van der Waals surface area contributed by atoms with Gasteiger partial charge in [0, 0.05) is 24.6 Å². The number of nitrogens with one attached hydrogen (secondary N) is 2.